The van der Waals surface area contributed by atoms with Gasteiger partial charge in [0.15, 0.2) is 0 Å². The number of nitrogens with one attached hydrogen (secondary N) is 1. The summed E-state index contributed by atoms with van der Waals surface area (Å²) in [5.41, 5.74) is 3.39. The number of rotatable bonds is 7. The summed E-state index contributed by atoms with van der Waals surface area (Å²) in [5.74, 6) is -0.514. The Morgan fingerprint density at radius 2 is 2.00 bits per heavy atom. The molecule has 2 aromatic heterocycles. The summed E-state index contributed by atoms with van der Waals surface area (Å²) < 4.78 is 6.97. The minimum Gasteiger partial charge on any atom is -0.462 e. The van der Waals surface area contributed by atoms with E-state index in [9.17, 15) is 9.59 Å². The molecule has 25 heavy (non-hydrogen) atoms. The van der Waals surface area contributed by atoms with Crippen LogP contribution in [0.1, 0.15) is 52.5 Å². The summed E-state index contributed by atoms with van der Waals surface area (Å²) in [6.45, 7) is 10.4. The molecule has 1 amide bonds. The molecule has 1 N–H and O–H groups in total. The number of carbonyl (C=O) groups excluding carboxylic acids is 2. The highest BCUT2D eigenvalue weighted by Gasteiger charge is 2.23. The van der Waals surface area contributed by atoms with E-state index < -0.39 is 0 Å². The second kappa shape index (κ2) is 8.29. The highest BCUT2D eigenvalue weighted by molar-refractivity contribution is 7.16. The normalized spacial score (nSPS) is 10.8. The quantitative estimate of drug-likeness (QED) is 0.762. The van der Waals surface area contributed by atoms with Crippen LogP contribution in [0, 0.1) is 20.8 Å². The smallest absolute Gasteiger partial charge is 0.341 e. The third kappa shape index (κ3) is 4.48. The van der Waals surface area contributed by atoms with Gasteiger partial charge in [-0.2, -0.15) is 5.10 Å². The molecule has 0 fully saturated rings. The van der Waals surface area contributed by atoms with Crippen LogP contribution in [0.15, 0.2) is 6.07 Å². The largest absolute Gasteiger partial charge is 0.462 e. The van der Waals surface area contributed by atoms with Gasteiger partial charge in [-0.05, 0) is 45.7 Å². The lowest BCUT2D eigenvalue weighted by atomic mass is 10.1. The fourth-order valence-electron chi connectivity index (χ4n) is 2.81. The van der Waals surface area contributed by atoms with Crippen LogP contribution in [0.3, 0.4) is 0 Å². The zero-order valence-electron chi connectivity index (χ0n) is 15.4. The molecule has 2 heterocycles. The first-order chi connectivity index (χ1) is 11.9. The van der Waals surface area contributed by atoms with Crippen molar-refractivity contribution in [2.75, 3.05) is 11.9 Å². The fraction of sp³-hybridized carbons (Fsp3) is 0.500. The van der Waals surface area contributed by atoms with Gasteiger partial charge < -0.3 is 10.1 Å². The van der Waals surface area contributed by atoms with E-state index in [1.807, 2.05) is 38.4 Å². The highest BCUT2D eigenvalue weighted by Crippen LogP contribution is 2.34. The predicted molar refractivity (Wildman–Crippen MR) is 99.3 cm³/mol. The fourth-order valence-corrected chi connectivity index (χ4v) is 3.96. The monoisotopic (exact) mass is 363 g/mol. The number of esters is 1. The van der Waals surface area contributed by atoms with Gasteiger partial charge >= 0.3 is 5.97 Å². The SMILES string of the molecule is CCOC(=O)c1c(NC(=O)CCn2nc(C)cc2C)sc(C)c1CC. The number of aromatic nitrogens is 2. The molecule has 0 atom stereocenters. The van der Waals surface area contributed by atoms with Crippen LogP contribution >= 0.6 is 11.3 Å². The number of aryl methyl sites for hydroxylation is 4. The molecule has 136 valence electrons. The maximum absolute atomic E-state index is 12.3. The Bertz CT molecular complexity index is 777. The highest BCUT2D eigenvalue weighted by atomic mass is 32.1. The Hall–Kier alpha value is -2.15. The average Bonchev–Trinajstić information content (AvgIpc) is 3.03. The molecule has 0 radical (unpaired) electrons. The maximum atomic E-state index is 12.3. The molecule has 0 bridgehead atoms. The summed E-state index contributed by atoms with van der Waals surface area (Å²) >= 11 is 1.42. The Morgan fingerprint density at radius 1 is 1.28 bits per heavy atom. The first kappa shape index (κ1) is 19.2. The molecule has 0 saturated heterocycles. The van der Waals surface area contributed by atoms with Crippen LogP contribution < -0.4 is 5.32 Å². The van der Waals surface area contributed by atoms with Gasteiger partial charge in [-0.25, -0.2) is 4.79 Å². The first-order valence-electron chi connectivity index (χ1n) is 8.47. The van der Waals surface area contributed by atoms with E-state index in [-0.39, 0.29) is 11.9 Å². The second-order valence-corrected chi connectivity index (χ2v) is 7.09. The molecule has 2 rings (SSSR count). The summed E-state index contributed by atoms with van der Waals surface area (Å²) in [6, 6.07) is 1.98. The van der Waals surface area contributed by atoms with Crippen molar-refractivity contribution in [2.45, 2.75) is 54.0 Å². The van der Waals surface area contributed by atoms with E-state index in [2.05, 4.69) is 10.4 Å². The van der Waals surface area contributed by atoms with Crippen molar-refractivity contribution in [3.63, 3.8) is 0 Å². The van der Waals surface area contributed by atoms with E-state index in [1.165, 1.54) is 11.3 Å². The second-order valence-electron chi connectivity index (χ2n) is 5.86. The summed E-state index contributed by atoms with van der Waals surface area (Å²) in [7, 11) is 0. The lowest BCUT2D eigenvalue weighted by molar-refractivity contribution is -0.116. The lowest BCUT2D eigenvalue weighted by Crippen LogP contribution is -2.17. The van der Waals surface area contributed by atoms with Crippen LogP contribution in [-0.2, 0) is 22.5 Å². The number of ether oxygens (including phenoxy) is 1. The van der Waals surface area contributed by atoms with Crippen LogP contribution in [-0.4, -0.2) is 28.3 Å². The molecular formula is C18H25N3O3S. The molecule has 0 aliphatic heterocycles. The first-order valence-corrected chi connectivity index (χ1v) is 9.29. The van der Waals surface area contributed by atoms with Crippen molar-refractivity contribution in [1.29, 1.82) is 0 Å². The van der Waals surface area contributed by atoms with E-state index in [0.29, 0.717) is 30.1 Å². The van der Waals surface area contributed by atoms with Gasteiger partial charge in [0, 0.05) is 23.5 Å². The summed E-state index contributed by atoms with van der Waals surface area (Å²) in [4.78, 5) is 25.7. The van der Waals surface area contributed by atoms with Gasteiger partial charge in [-0.1, -0.05) is 6.92 Å². The average molecular weight is 363 g/mol. The number of hydrogen-bond acceptors (Lipinski definition) is 5. The van der Waals surface area contributed by atoms with Crippen molar-refractivity contribution in [2.24, 2.45) is 0 Å². The Balaban J connectivity index is 2.12. The summed E-state index contributed by atoms with van der Waals surface area (Å²) in [6.07, 6.45) is 1.01. The summed E-state index contributed by atoms with van der Waals surface area (Å²) in [5, 5.41) is 7.81. The van der Waals surface area contributed by atoms with Crippen LogP contribution in [0.25, 0.3) is 0 Å². The van der Waals surface area contributed by atoms with Gasteiger partial charge in [-0.3, -0.25) is 9.48 Å². The van der Waals surface area contributed by atoms with E-state index >= 15 is 0 Å². The van der Waals surface area contributed by atoms with Crippen LogP contribution in [0.2, 0.25) is 0 Å². The van der Waals surface area contributed by atoms with Gasteiger partial charge in [0.25, 0.3) is 0 Å². The molecule has 6 nitrogen and oxygen atoms in total. The number of hydrogen-bond donors (Lipinski definition) is 1. The number of thiophene rings is 1. The maximum Gasteiger partial charge on any atom is 0.341 e. The van der Waals surface area contributed by atoms with Gasteiger partial charge in [0.05, 0.1) is 17.9 Å². The van der Waals surface area contributed by atoms with Gasteiger partial charge in [0.1, 0.15) is 5.00 Å². The molecule has 0 spiro atoms. The third-order valence-corrected chi connectivity index (χ3v) is 5.01. The Kier molecular flexibility index (Phi) is 6.36. The number of nitrogens with zero attached hydrogens (tertiary/aromatic N) is 2. The molecular weight excluding hydrogens is 338 g/mol. The van der Waals surface area contributed by atoms with Crippen molar-refractivity contribution in [3.8, 4) is 0 Å². The predicted octanol–water partition coefficient (Wildman–Crippen LogP) is 3.64. The molecule has 2 aromatic rings. The van der Waals surface area contributed by atoms with Crippen molar-refractivity contribution < 1.29 is 14.3 Å². The Morgan fingerprint density at radius 3 is 2.56 bits per heavy atom. The molecule has 0 unspecified atom stereocenters. The molecule has 7 heteroatoms. The van der Waals surface area contributed by atoms with Crippen molar-refractivity contribution in [1.82, 2.24) is 9.78 Å². The van der Waals surface area contributed by atoms with Crippen LogP contribution in [0.4, 0.5) is 5.00 Å². The minimum atomic E-state index is -0.377. The van der Waals surface area contributed by atoms with Gasteiger partial charge in [-0.15, -0.1) is 11.3 Å². The van der Waals surface area contributed by atoms with Crippen molar-refractivity contribution in [3.05, 3.63) is 33.5 Å². The van der Waals surface area contributed by atoms with Crippen molar-refractivity contribution >= 4 is 28.2 Å². The molecule has 0 aliphatic carbocycles. The topological polar surface area (TPSA) is 73.2 Å². The van der Waals surface area contributed by atoms with Crippen LogP contribution in [0.5, 0.6) is 0 Å². The number of carbonyl (C=O) groups is 2. The standard InChI is InChI=1S/C18H25N3O3S/c1-6-14-13(5)25-17(16(14)18(23)24-7-2)19-15(22)8-9-21-12(4)10-11(3)20-21/h10H,6-9H2,1-5H3,(H,19,22). The Labute approximate surface area is 152 Å². The number of anilines is 1. The third-order valence-electron chi connectivity index (χ3n) is 3.95. The van der Waals surface area contributed by atoms with Gasteiger partial charge in [0.2, 0.25) is 5.91 Å². The molecule has 0 aliphatic rings. The minimum absolute atomic E-state index is 0.137. The van der Waals surface area contributed by atoms with E-state index in [4.69, 9.17) is 4.74 Å². The molecule has 0 aromatic carbocycles. The number of amides is 1. The lowest BCUT2D eigenvalue weighted by Gasteiger charge is -2.08. The van der Waals surface area contributed by atoms with E-state index in [1.54, 1.807) is 6.92 Å². The van der Waals surface area contributed by atoms with E-state index in [0.717, 1.165) is 28.2 Å². The molecule has 0 saturated carbocycles. The zero-order chi connectivity index (χ0) is 18.6. The zero-order valence-corrected chi connectivity index (χ0v) is 16.2.